The predicted molar refractivity (Wildman–Crippen MR) is 80.0 cm³/mol. The Hall–Kier alpha value is -1.84. The first-order valence-electron chi connectivity index (χ1n) is 7.86. The fourth-order valence-corrected chi connectivity index (χ4v) is 3.46. The number of aryl methyl sites for hydroxylation is 1. The van der Waals surface area contributed by atoms with Crippen LogP contribution >= 0.6 is 0 Å². The van der Waals surface area contributed by atoms with Crippen LogP contribution in [0.2, 0.25) is 0 Å². The molecule has 0 saturated heterocycles. The minimum Gasteiger partial charge on any atom is -0.356 e. The van der Waals surface area contributed by atoms with Crippen molar-refractivity contribution in [1.82, 2.24) is 5.32 Å². The molecule has 1 aliphatic heterocycles. The van der Waals surface area contributed by atoms with Crippen LogP contribution in [0.4, 0.5) is 5.69 Å². The molecule has 4 nitrogen and oxygen atoms in total. The second kappa shape index (κ2) is 4.33. The van der Waals surface area contributed by atoms with E-state index in [0.29, 0.717) is 18.9 Å². The first-order valence-corrected chi connectivity index (χ1v) is 7.86. The molecule has 1 unspecified atom stereocenters. The molecule has 4 rings (SSSR count). The molecule has 1 atom stereocenters. The zero-order chi connectivity index (χ0) is 14.6. The Morgan fingerprint density at radius 1 is 1.43 bits per heavy atom. The fraction of sp³-hybridized carbons (Fsp3) is 0.529. The maximum Gasteiger partial charge on any atom is 0.232 e. The van der Waals surface area contributed by atoms with Gasteiger partial charge in [-0.25, -0.2) is 0 Å². The molecule has 0 spiro atoms. The number of hydrogen-bond acceptors (Lipinski definition) is 2. The molecule has 4 heteroatoms. The SMILES string of the molecule is CCc1ccc2c(c1)C(CCNC(=O)C13CC1C3)C(=O)N2. The van der Waals surface area contributed by atoms with Crippen molar-refractivity contribution in [1.29, 1.82) is 0 Å². The van der Waals surface area contributed by atoms with Gasteiger partial charge in [0.1, 0.15) is 0 Å². The largest absolute Gasteiger partial charge is 0.356 e. The molecular weight excluding hydrogens is 264 g/mol. The highest BCUT2D eigenvalue weighted by Gasteiger charge is 2.74. The van der Waals surface area contributed by atoms with E-state index >= 15 is 0 Å². The molecule has 0 radical (unpaired) electrons. The van der Waals surface area contributed by atoms with E-state index in [0.717, 1.165) is 30.5 Å². The average Bonchev–Trinajstić information content (AvgIpc) is 3.31. The fourth-order valence-electron chi connectivity index (χ4n) is 3.46. The van der Waals surface area contributed by atoms with E-state index in [1.807, 2.05) is 6.07 Å². The van der Waals surface area contributed by atoms with E-state index in [9.17, 15) is 9.59 Å². The molecule has 1 heterocycles. The number of carbonyl (C=O) groups is 2. The summed E-state index contributed by atoms with van der Waals surface area (Å²) in [4.78, 5) is 24.1. The molecule has 3 aliphatic rings. The Morgan fingerprint density at radius 3 is 2.86 bits per heavy atom. The van der Waals surface area contributed by atoms with E-state index in [4.69, 9.17) is 0 Å². The van der Waals surface area contributed by atoms with Crippen molar-refractivity contribution in [3.8, 4) is 0 Å². The van der Waals surface area contributed by atoms with Crippen LogP contribution in [0.3, 0.4) is 0 Å². The first kappa shape index (κ1) is 12.9. The van der Waals surface area contributed by atoms with E-state index in [-0.39, 0.29) is 23.1 Å². The number of hydrogen-bond donors (Lipinski definition) is 2. The summed E-state index contributed by atoms with van der Waals surface area (Å²) < 4.78 is 0. The van der Waals surface area contributed by atoms with Crippen molar-refractivity contribution in [2.24, 2.45) is 11.3 Å². The predicted octanol–water partition coefficient (Wildman–Crippen LogP) is 2.20. The van der Waals surface area contributed by atoms with Crippen molar-refractivity contribution in [2.75, 3.05) is 11.9 Å². The summed E-state index contributed by atoms with van der Waals surface area (Å²) in [5.41, 5.74) is 3.28. The number of anilines is 1. The molecule has 2 N–H and O–H groups in total. The monoisotopic (exact) mass is 284 g/mol. The molecule has 2 saturated carbocycles. The topological polar surface area (TPSA) is 58.2 Å². The van der Waals surface area contributed by atoms with Gasteiger partial charge in [-0.1, -0.05) is 19.1 Å². The lowest BCUT2D eigenvalue weighted by atomic mass is 9.95. The van der Waals surface area contributed by atoms with Crippen LogP contribution in [0.1, 0.15) is 43.2 Å². The van der Waals surface area contributed by atoms with Gasteiger partial charge >= 0.3 is 0 Å². The number of fused-ring (bicyclic) bond motifs is 2. The van der Waals surface area contributed by atoms with Gasteiger partial charge in [-0.05, 0) is 48.8 Å². The Labute approximate surface area is 124 Å². The summed E-state index contributed by atoms with van der Waals surface area (Å²) in [5.74, 6) is 0.799. The zero-order valence-electron chi connectivity index (χ0n) is 12.2. The third-order valence-corrected chi connectivity index (χ3v) is 5.33. The summed E-state index contributed by atoms with van der Waals surface area (Å²) in [6.45, 7) is 2.70. The van der Waals surface area contributed by atoms with Crippen LogP contribution < -0.4 is 10.6 Å². The van der Waals surface area contributed by atoms with E-state index < -0.39 is 0 Å². The molecule has 21 heavy (non-hydrogen) atoms. The van der Waals surface area contributed by atoms with Crippen LogP contribution in [0.5, 0.6) is 0 Å². The summed E-state index contributed by atoms with van der Waals surface area (Å²) in [6, 6.07) is 6.17. The second-order valence-corrected chi connectivity index (χ2v) is 6.62. The zero-order valence-corrected chi connectivity index (χ0v) is 12.2. The Kier molecular flexibility index (Phi) is 2.65. The van der Waals surface area contributed by atoms with Crippen LogP contribution in [0.15, 0.2) is 18.2 Å². The molecule has 2 amide bonds. The molecule has 2 fully saturated rings. The van der Waals surface area contributed by atoms with Gasteiger partial charge in [0.25, 0.3) is 0 Å². The van der Waals surface area contributed by atoms with Crippen molar-refractivity contribution >= 4 is 17.5 Å². The average molecular weight is 284 g/mol. The van der Waals surface area contributed by atoms with Crippen LogP contribution in [0, 0.1) is 11.3 Å². The quantitative estimate of drug-likeness (QED) is 0.871. The molecule has 110 valence electrons. The Morgan fingerprint density at radius 2 is 2.19 bits per heavy atom. The third-order valence-electron chi connectivity index (χ3n) is 5.33. The second-order valence-electron chi connectivity index (χ2n) is 6.62. The highest BCUT2D eigenvalue weighted by Crippen LogP contribution is 2.75. The lowest BCUT2D eigenvalue weighted by molar-refractivity contribution is -0.124. The number of nitrogens with one attached hydrogen (secondary N) is 2. The first-order chi connectivity index (χ1) is 10.1. The smallest absolute Gasteiger partial charge is 0.232 e. The van der Waals surface area contributed by atoms with Gasteiger partial charge in [-0.3, -0.25) is 9.59 Å². The maximum atomic E-state index is 12.1. The van der Waals surface area contributed by atoms with Gasteiger partial charge in [0, 0.05) is 12.2 Å². The highest BCUT2D eigenvalue weighted by atomic mass is 16.2. The van der Waals surface area contributed by atoms with Crippen molar-refractivity contribution in [3.05, 3.63) is 29.3 Å². The van der Waals surface area contributed by atoms with E-state index in [1.54, 1.807) is 0 Å². The number of carbonyl (C=O) groups excluding carboxylic acids is 2. The molecule has 0 bridgehead atoms. The summed E-state index contributed by atoms with van der Waals surface area (Å²) in [5, 5.41) is 5.95. The summed E-state index contributed by atoms with van der Waals surface area (Å²) in [6.07, 6.45) is 3.80. The van der Waals surface area contributed by atoms with Crippen LogP contribution in [-0.4, -0.2) is 18.4 Å². The highest BCUT2D eigenvalue weighted by molar-refractivity contribution is 6.03. The molecule has 2 aliphatic carbocycles. The minimum absolute atomic E-state index is 0.0191. The molecule has 1 aromatic carbocycles. The van der Waals surface area contributed by atoms with Crippen molar-refractivity contribution in [3.63, 3.8) is 0 Å². The number of amides is 2. The maximum absolute atomic E-state index is 12.1. The lowest BCUT2D eigenvalue weighted by Gasteiger charge is -2.11. The molecular formula is C17H20N2O2. The molecule has 1 aromatic rings. The summed E-state index contributed by atoms with van der Waals surface area (Å²) >= 11 is 0. The van der Waals surface area contributed by atoms with E-state index in [1.165, 1.54) is 5.56 Å². The van der Waals surface area contributed by atoms with Crippen LogP contribution in [0.25, 0.3) is 0 Å². The van der Waals surface area contributed by atoms with Gasteiger partial charge in [-0.15, -0.1) is 0 Å². The number of rotatable bonds is 5. The standard InChI is InChI=1S/C17H20N2O2/c1-2-10-3-4-14-13(7-10)12(15(20)19-14)5-6-18-16(21)17-8-11(17)9-17/h3-4,7,11-12H,2,5-6,8-9H2,1H3,(H,18,21)(H,19,20). The lowest BCUT2D eigenvalue weighted by Crippen LogP contribution is -2.30. The van der Waals surface area contributed by atoms with Gasteiger partial charge in [-0.2, -0.15) is 0 Å². The van der Waals surface area contributed by atoms with Gasteiger partial charge in [0.05, 0.1) is 11.3 Å². The van der Waals surface area contributed by atoms with Crippen molar-refractivity contribution in [2.45, 2.75) is 38.5 Å². The Bertz CT molecular complexity index is 632. The Balaban J connectivity index is 1.41. The minimum atomic E-state index is -0.126. The van der Waals surface area contributed by atoms with Crippen molar-refractivity contribution < 1.29 is 9.59 Å². The summed E-state index contributed by atoms with van der Waals surface area (Å²) in [7, 11) is 0. The normalized spacial score (nSPS) is 31.2. The third kappa shape index (κ3) is 1.96. The van der Waals surface area contributed by atoms with Gasteiger partial charge in [0.2, 0.25) is 11.8 Å². The molecule has 0 aromatic heterocycles. The number of benzene rings is 1. The van der Waals surface area contributed by atoms with Gasteiger partial charge in [0.15, 0.2) is 0 Å². The van der Waals surface area contributed by atoms with Gasteiger partial charge < -0.3 is 10.6 Å². The van der Waals surface area contributed by atoms with Crippen LogP contribution in [-0.2, 0) is 16.0 Å². The van der Waals surface area contributed by atoms with E-state index in [2.05, 4.69) is 29.7 Å².